The molecule has 1 aromatic carbocycles. The van der Waals surface area contributed by atoms with Crippen molar-refractivity contribution in [3.8, 4) is 0 Å². The fourth-order valence-electron chi connectivity index (χ4n) is 1.42. The Kier molecular flexibility index (Phi) is 3.77. The monoisotopic (exact) mass is 291 g/mol. The van der Waals surface area contributed by atoms with Crippen LogP contribution in [0.1, 0.15) is 16.5 Å². The lowest BCUT2D eigenvalue weighted by Crippen LogP contribution is -2.11. The second kappa shape index (κ2) is 4.94. The highest BCUT2D eigenvalue weighted by molar-refractivity contribution is 7.10. The molecule has 0 fully saturated rings. The predicted octanol–water partition coefficient (Wildman–Crippen LogP) is 4.76. The van der Waals surface area contributed by atoms with Gasteiger partial charge >= 0.3 is 0 Å². The summed E-state index contributed by atoms with van der Waals surface area (Å²) in [4.78, 5) is 0.908. The number of benzene rings is 1. The van der Waals surface area contributed by atoms with Crippen LogP contribution < -0.4 is 5.73 Å². The van der Waals surface area contributed by atoms with Gasteiger partial charge in [-0.2, -0.15) is 0 Å². The lowest BCUT2D eigenvalue weighted by atomic mass is 10.1. The van der Waals surface area contributed by atoms with Crippen LogP contribution in [0.25, 0.3) is 0 Å². The fraction of sp³-hybridized carbons (Fsp3) is 0.0909. The van der Waals surface area contributed by atoms with Crippen LogP contribution in [0.5, 0.6) is 0 Å². The first-order valence-corrected chi connectivity index (χ1v) is 6.54. The summed E-state index contributed by atoms with van der Waals surface area (Å²) in [6, 6.07) is 6.79. The van der Waals surface area contributed by atoms with Crippen LogP contribution in [0.15, 0.2) is 29.6 Å². The Labute approximate surface area is 113 Å². The van der Waals surface area contributed by atoms with Gasteiger partial charge in [0.2, 0.25) is 0 Å². The number of hydrogen-bond donors (Lipinski definition) is 1. The SMILES string of the molecule is NC(c1ccc(Cl)cc1Cl)c1sccc1Cl. The molecule has 0 aliphatic carbocycles. The summed E-state index contributed by atoms with van der Waals surface area (Å²) < 4.78 is 0. The van der Waals surface area contributed by atoms with Crippen LogP contribution in [0.2, 0.25) is 15.1 Å². The predicted molar refractivity (Wildman–Crippen MR) is 71.8 cm³/mol. The van der Waals surface area contributed by atoms with E-state index in [0.717, 1.165) is 10.4 Å². The minimum Gasteiger partial charge on any atom is -0.320 e. The van der Waals surface area contributed by atoms with Crippen molar-refractivity contribution in [2.24, 2.45) is 5.73 Å². The van der Waals surface area contributed by atoms with E-state index in [1.807, 2.05) is 17.5 Å². The van der Waals surface area contributed by atoms with Crippen LogP contribution in [-0.4, -0.2) is 0 Å². The van der Waals surface area contributed by atoms with E-state index in [4.69, 9.17) is 40.5 Å². The summed E-state index contributed by atoms with van der Waals surface area (Å²) in [5, 5.41) is 3.73. The Morgan fingerprint density at radius 2 is 1.81 bits per heavy atom. The van der Waals surface area contributed by atoms with E-state index in [1.165, 1.54) is 11.3 Å². The molecule has 1 unspecified atom stereocenters. The van der Waals surface area contributed by atoms with Gasteiger partial charge in [0.05, 0.1) is 11.1 Å². The molecule has 0 spiro atoms. The standard InChI is InChI=1S/C11H8Cl3NS/c12-6-1-2-7(9(14)5-6)10(15)11-8(13)3-4-16-11/h1-5,10H,15H2. The van der Waals surface area contributed by atoms with Crippen LogP contribution in [0, 0.1) is 0 Å². The third-order valence-corrected chi connectivity index (χ3v) is 4.23. The molecule has 1 aromatic heterocycles. The Bertz CT molecular complexity index is 510. The molecule has 5 heteroatoms. The summed E-state index contributed by atoms with van der Waals surface area (Å²) >= 11 is 19.5. The molecular weight excluding hydrogens is 285 g/mol. The topological polar surface area (TPSA) is 26.0 Å². The third-order valence-electron chi connectivity index (χ3n) is 2.22. The van der Waals surface area contributed by atoms with E-state index < -0.39 is 0 Å². The molecule has 2 aromatic rings. The van der Waals surface area contributed by atoms with Crippen molar-refractivity contribution in [2.45, 2.75) is 6.04 Å². The van der Waals surface area contributed by atoms with E-state index in [9.17, 15) is 0 Å². The summed E-state index contributed by atoms with van der Waals surface area (Å²) in [6.45, 7) is 0. The van der Waals surface area contributed by atoms with Crippen molar-refractivity contribution >= 4 is 46.1 Å². The first-order valence-electron chi connectivity index (χ1n) is 4.53. The highest BCUT2D eigenvalue weighted by atomic mass is 35.5. The van der Waals surface area contributed by atoms with Gasteiger partial charge in [0.25, 0.3) is 0 Å². The first-order chi connectivity index (χ1) is 7.59. The number of rotatable bonds is 2. The smallest absolute Gasteiger partial charge is 0.0675 e. The number of hydrogen-bond acceptors (Lipinski definition) is 2. The largest absolute Gasteiger partial charge is 0.320 e. The van der Waals surface area contributed by atoms with Gasteiger partial charge in [-0.1, -0.05) is 40.9 Å². The van der Waals surface area contributed by atoms with Crippen LogP contribution >= 0.6 is 46.1 Å². The van der Waals surface area contributed by atoms with Gasteiger partial charge in [0.15, 0.2) is 0 Å². The van der Waals surface area contributed by atoms with E-state index in [1.54, 1.807) is 12.1 Å². The molecule has 0 aliphatic rings. The van der Waals surface area contributed by atoms with Gasteiger partial charge in [0.1, 0.15) is 0 Å². The minimum absolute atomic E-state index is 0.308. The Morgan fingerprint density at radius 1 is 1.06 bits per heavy atom. The average molecular weight is 293 g/mol. The van der Waals surface area contributed by atoms with E-state index in [2.05, 4.69) is 0 Å². The molecule has 0 amide bonds. The van der Waals surface area contributed by atoms with Crippen LogP contribution in [0.3, 0.4) is 0 Å². The van der Waals surface area contributed by atoms with Gasteiger partial charge in [0, 0.05) is 14.9 Å². The maximum absolute atomic E-state index is 6.11. The zero-order valence-corrected chi connectivity index (χ0v) is 11.2. The normalized spacial score (nSPS) is 12.8. The quantitative estimate of drug-likeness (QED) is 0.849. The number of halogens is 3. The summed E-state index contributed by atoms with van der Waals surface area (Å²) in [5.41, 5.74) is 6.94. The molecule has 2 N–H and O–H groups in total. The molecule has 0 aliphatic heterocycles. The molecule has 0 radical (unpaired) electrons. The molecule has 0 saturated carbocycles. The fourth-order valence-corrected chi connectivity index (χ4v) is 3.14. The van der Waals surface area contributed by atoms with Crippen molar-refractivity contribution in [3.05, 3.63) is 55.2 Å². The molecule has 16 heavy (non-hydrogen) atoms. The average Bonchev–Trinajstić information content (AvgIpc) is 2.63. The van der Waals surface area contributed by atoms with E-state index >= 15 is 0 Å². The highest BCUT2D eigenvalue weighted by Crippen LogP contribution is 2.34. The van der Waals surface area contributed by atoms with Crippen molar-refractivity contribution < 1.29 is 0 Å². The molecule has 1 heterocycles. The van der Waals surface area contributed by atoms with Crippen LogP contribution in [0.4, 0.5) is 0 Å². The van der Waals surface area contributed by atoms with Crippen molar-refractivity contribution in [1.82, 2.24) is 0 Å². The summed E-state index contributed by atoms with van der Waals surface area (Å²) in [6.07, 6.45) is 0. The van der Waals surface area contributed by atoms with E-state index in [0.29, 0.717) is 15.1 Å². The molecule has 84 valence electrons. The van der Waals surface area contributed by atoms with Crippen LogP contribution in [-0.2, 0) is 0 Å². The molecular formula is C11H8Cl3NS. The highest BCUT2D eigenvalue weighted by Gasteiger charge is 2.16. The first kappa shape index (κ1) is 12.2. The van der Waals surface area contributed by atoms with Gasteiger partial charge in [-0.05, 0) is 29.1 Å². The van der Waals surface area contributed by atoms with Crippen molar-refractivity contribution in [2.75, 3.05) is 0 Å². The van der Waals surface area contributed by atoms with Gasteiger partial charge in [-0.25, -0.2) is 0 Å². The number of thiophene rings is 1. The lowest BCUT2D eigenvalue weighted by Gasteiger charge is -2.12. The summed E-state index contributed by atoms with van der Waals surface area (Å²) in [5.74, 6) is 0. The molecule has 1 atom stereocenters. The zero-order valence-electron chi connectivity index (χ0n) is 8.08. The molecule has 2 rings (SSSR count). The zero-order chi connectivity index (χ0) is 11.7. The lowest BCUT2D eigenvalue weighted by molar-refractivity contribution is 0.894. The Balaban J connectivity index is 2.41. The summed E-state index contributed by atoms with van der Waals surface area (Å²) in [7, 11) is 0. The van der Waals surface area contributed by atoms with E-state index in [-0.39, 0.29) is 6.04 Å². The van der Waals surface area contributed by atoms with Gasteiger partial charge in [-0.3, -0.25) is 0 Å². The van der Waals surface area contributed by atoms with Gasteiger partial charge in [-0.15, -0.1) is 11.3 Å². The second-order valence-corrected chi connectivity index (χ2v) is 5.47. The Morgan fingerprint density at radius 3 is 2.38 bits per heavy atom. The minimum atomic E-state index is -0.308. The maximum atomic E-state index is 6.11. The maximum Gasteiger partial charge on any atom is 0.0675 e. The van der Waals surface area contributed by atoms with Gasteiger partial charge < -0.3 is 5.73 Å². The molecule has 0 bridgehead atoms. The molecule has 0 saturated heterocycles. The Hall–Kier alpha value is -0.250. The molecule has 1 nitrogen and oxygen atoms in total. The third kappa shape index (κ3) is 2.36. The van der Waals surface area contributed by atoms with Crippen molar-refractivity contribution in [1.29, 1.82) is 0 Å². The number of nitrogens with two attached hydrogens (primary N) is 1. The second-order valence-electron chi connectivity index (χ2n) is 3.28. The van der Waals surface area contributed by atoms with Crippen molar-refractivity contribution in [3.63, 3.8) is 0 Å².